The lowest BCUT2D eigenvalue weighted by molar-refractivity contribution is -0.599. The fourth-order valence-electron chi connectivity index (χ4n) is 3.02. The second-order valence-corrected chi connectivity index (χ2v) is 7.63. The molecule has 0 aliphatic carbocycles. The van der Waals surface area contributed by atoms with Crippen LogP contribution in [0.4, 0.5) is 17.1 Å². The SMILES string of the molecule is CN(C)c1cc[n+](-c2cc3c(Nc4cccc(Br)c4)c(C#N)cnc3cn2)cc1.[F-]. The van der Waals surface area contributed by atoms with Crippen LogP contribution in [0.1, 0.15) is 5.56 Å². The van der Waals surface area contributed by atoms with E-state index in [0.717, 1.165) is 32.6 Å². The van der Waals surface area contributed by atoms with E-state index in [1.807, 2.05) is 78.4 Å². The smallest absolute Gasteiger partial charge is 0.328 e. The van der Waals surface area contributed by atoms with Crippen LogP contribution in [0.2, 0.25) is 0 Å². The molecule has 1 aromatic carbocycles. The predicted molar refractivity (Wildman–Crippen MR) is 118 cm³/mol. The molecule has 3 aromatic heterocycles. The molecule has 0 saturated carbocycles. The quantitative estimate of drug-likeness (QED) is 0.461. The van der Waals surface area contributed by atoms with Gasteiger partial charge in [-0.3, -0.25) is 4.98 Å². The Kier molecular flexibility index (Phi) is 6.23. The normalized spacial score (nSPS) is 10.2. The number of halogens is 2. The number of aromatic nitrogens is 3. The van der Waals surface area contributed by atoms with E-state index in [1.54, 1.807) is 12.4 Å². The molecule has 1 N–H and O–H groups in total. The average molecular weight is 465 g/mol. The van der Waals surface area contributed by atoms with Crippen molar-refractivity contribution in [1.82, 2.24) is 9.97 Å². The first-order valence-electron chi connectivity index (χ1n) is 8.95. The molecular weight excluding hydrogens is 447 g/mol. The second kappa shape index (κ2) is 8.84. The Morgan fingerprint density at radius 3 is 2.50 bits per heavy atom. The number of pyridine rings is 3. The molecule has 0 aliphatic rings. The van der Waals surface area contributed by atoms with E-state index in [9.17, 15) is 5.26 Å². The van der Waals surface area contributed by atoms with Crippen molar-refractivity contribution in [1.29, 1.82) is 5.26 Å². The fourth-order valence-corrected chi connectivity index (χ4v) is 3.42. The maximum Gasteiger partial charge on any atom is 0.328 e. The summed E-state index contributed by atoms with van der Waals surface area (Å²) in [5.41, 5.74) is 3.89. The number of nitrogens with zero attached hydrogens (tertiary/aromatic N) is 5. The summed E-state index contributed by atoms with van der Waals surface area (Å²) in [5, 5.41) is 13.8. The van der Waals surface area contributed by atoms with Crippen molar-refractivity contribution in [3.05, 3.63) is 77.3 Å². The first-order chi connectivity index (χ1) is 14.0. The molecule has 0 atom stereocenters. The van der Waals surface area contributed by atoms with Crippen molar-refractivity contribution in [2.24, 2.45) is 0 Å². The largest absolute Gasteiger partial charge is 1.00 e. The van der Waals surface area contributed by atoms with Gasteiger partial charge in [0.1, 0.15) is 11.6 Å². The van der Waals surface area contributed by atoms with Gasteiger partial charge in [0.05, 0.1) is 23.6 Å². The van der Waals surface area contributed by atoms with Gasteiger partial charge in [0, 0.05) is 59.7 Å². The van der Waals surface area contributed by atoms with Gasteiger partial charge in [-0.2, -0.15) is 5.26 Å². The number of fused-ring (bicyclic) bond motifs is 1. The molecule has 4 rings (SSSR count). The Morgan fingerprint density at radius 1 is 1.07 bits per heavy atom. The summed E-state index contributed by atoms with van der Waals surface area (Å²) in [6, 6.07) is 16.0. The number of benzene rings is 1. The molecule has 0 amide bonds. The molecule has 0 spiro atoms. The highest BCUT2D eigenvalue weighted by atomic mass is 79.9. The van der Waals surface area contributed by atoms with Gasteiger partial charge < -0.3 is 14.9 Å². The van der Waals surface area contributed by atoms with Crippen LogP contribution in [-0.4, -0.2) is 24.1 Å². The van der Waals surface area contributed by atoms with Crippen LogP contribution in [0.5, 0.6) is 0 Å². The summed E-state index contributed by atoms with van der Waals surface area (Å²) in [4.78, 5) is 11.0. The van der Waals surface area contributed by atoms with Crippen LogP contribution in [0, 0.1) is 11.3 Å². The number of hydrogen-bond donors (Lipinski definition) is 1. The maximum atomic E-state index is 9.61. The lowest BCUT2D eigenvalue weighted by Gasteiger charge is -2.12. The van der Waals surface area contributed by atoms with E-state index in [-0.39, 0.29) is 4.70 Å². The van der Waals surface area contributed by atoms with Gasteiger partial charge >= 0.3 is 5.82 Å². The third-order valence-corrected chi connectivity index (χ3v) is 5.04. The Morgan fingerprint density at radius 2 is 1.83 bits per heavy atom. The van der Waals surface area contributed by atoms with E-state index in [0.29, 0.717) is 11.3 Å². The molecule has 0 aliphatic heterocycles. The summed E-state index contributed by atoms with van der Waals surface area (Å²) in [6.07, 6.45) is 7.23. The molecule has 8 heteroatoms. The molecule has 0 saturated heterocycles. The third-order valence-electron chi connectivity index (χ3n) is 4.55. The van der Waals surface area contributed by atoms with Crippen LogP contribution in [0.25, 0.3) is 16.7 Å². The molecular formula is C22H18BrFN6. The zero-order valence-electron chi connectivity index (χ0n) is 16.3. The van der Waals surface area contributed by atoms with Crippen LogP contribution >= 0.6 is 15.9 Å². The van der Waals surface area contributed by atoms with Gasteiger partial charge in [-0.1, -0.05) is 22.0 Å². The zero-order valence-corrected chi connectivity index (χ0v) is 17.9. The minimum Gasteiger partial charge on any atom is -1.00 e. The number of rotatable bonds is 4. The monoisotopic (exact) mass is 464 g/mol. The summed E-state index contributed by atoms with van der Waals surface area (Å²) in [7, 11) is 4.01. The summed E-state index contributed by atoms with van der Waals surface area (Å²) in [6.45, 7) is 0. The number of hydrogen-bond acceptors (Lipinski definition) is 5. The molecule has 150 valence electrons. The first-order valence-corrected chi connectivity index (χ1v) is 9.75. The van der Waals surface area contributed by atoms with Crippen molar-refractivity contribution in [2.45, 2.75) is 0 Å². The maximum absolute atomic E-state index is 9.61. The summed E-state index contributed by atoms with van der Waals surface area (Å²) >= 11 is 3.48. The van der Waals surface area contributed by atoms with Crippen molar-refractivity contribution >= 4 is 43.9 Å². The zero-order chi connectivity index (χ0) is 20.4. The van der Waals surface area contributed by atoms with Gasteiger partial charge in [-0.25, -0.2) is 4.57 Å². The van der Waals surface area contributed by atoms with Crippen LogP contribution in [-0.2, 0) is 0 Å². The molecule has 0 bridgehead atoms. The Hall–Kier alpha value is -3.57. The predicted octanol–water partition coefficient (Wildman–Crippen LogP) is 1.35. The van der Waals surface area contributed by atoms with E-state index in [4.69, 9.17) is 0 Å². The van der Waals surface area contributed by atoms with Gasteiger partial charge in [0.25, 0.3) is 0 Å². The van der Waals surface area contributed by atoms with Crippen molar-refractivity contribution in [2.75, 3.05) is 24.3 Å². The minimum absolute atomic E-state index is 0. The molecule has 0 radical (unpaired) electrons. The van der Waals surface area contributed by atoms with Crippen LogP contribution in [0.15, 0.2) is 71.7 Å². The summed E-state index contributed by atoms with van der Waals surface area (Å²) in [5.74, 6) is 0.747. The van der Waals surface area contributed by atoms with Gasteiger partial charge in [-0.15, -0.1) is 0 Å². The van der Waals surface area contributed by atoms with E-state index >= 15 is 0 Å². The number of nitrogens with one attached hydrogen (secondary N) is 1. The second-order valence-electron chi connectivity index (χ2n) is 6.71. The highest BCUT2D eigenvalue weighted by molar-refractivity contribution is 9.10. The average Bonchev–Trinajstić information content (AvgIpc) is 2.74. The Balaban J connectivity index is 0.00000256. The molecule has 3 heterocycles. The van der Waals surface area contributed by atoms with Crippen molar-refractivity contribution < 1.29 is 9.27 Å². The van der Waals surface area contributed by atoms with Gasteiger partial charge in [0.15, 0.2) is 6.20 Å². The number of anilines is 3. The van der Waals surface area contributed by atoms with Gasteiger partial charge in [0.2, 0.25) is 0 Å². The van der Waals surface area contributed by atoms with Crippen molar-refractivity contribution in [3.8, 4) is 11.9 Å². The molecule has 0 fully saturated rings. The Labute approximate surface area is 181 Å². The molecule has 4 aromatic rings. The van der Waals surface area contributed by atoms with E-state index < -0.39 is 0 Å². The lowest BCUT2D eigenvalue weighted by atomic mass is 10.1. The molecule has 0 unspecified atom stereocenters. The van der Waals surface area contributed by atoms with Gasteiger partial charge in [-0.05, 0) is 23.2 Å². The van der Waals surface area contributed by atoms with E-state index in [2.05, 4.69) is 37.3 Å². The van der Waals surface area contributed by atoms with Crippen molar-refractivity contribution in [3.63, 3.8) is 0 Å². The number of nitriles is 1. The molecule has 6 nitrogen and oxygen atoms in total. The summed E-state index contributed by atoms with van der Waals surface area (Å²) < 4.78 is 2.90. The van der Waals surface area contributed by atoms with Crippen LogP contribution < -0.4 is 19.5 Å². The third kappa shape index (κ3) is 4.21. The Bertz CT molecular complexity index is 1230. The molecule has 30 heavy (non-hydrogen) atoms. The van der Waals surface area contributed by atoms with Crippen LogP contribution in [0.3, 0.4) is 0 Å². The van der Waals surface area contributed by atoms with E-state index in [1.165, 1.54) is 0 Å². The topological polar surface area (TPSA) is 68.7 Å². The highest BCUT2D eigenvalue weighted by Gasteiger charge is 2.16. The fraction of sp³-hybridized carbons (Fsp3) is 0.0909. The highest BCUT2D eigenvalue weighted by Crippen LogP contribution is 2.30. The standard InChI is InChI=1S/C22H18BrN6.FH/c1-28(2)18-6-8-29(9-7-18)21-11-19-20(14-26-21)25-13-15(12-24)22(19)27-17-5-3-4-16(23)10-17;/h3-11,13-14H,1-2H3,(H,25,27);1H/q+1;/p-1. The lowest BCUT2D eigenvalue weighted by Crippen LogP contribution is -3.00. The minimum atomic E-state index is 0. The first kappa shape index (κ1) is 21.1.